The Morgan fingerprint density at radius 1 is 1.67 bits per heavy atom. The van der Waals surface area contributed by atoms with Gasteiger partial charge in [-0.15, -0.1) is 0 Å². The number of aromatic nitrogens is 1. The van der Waals surface area contributed by atoms with Crippen molar-refractivity contribution in [3.05, 3.63) is 17.8 Å². The summed E-state index contributed by atoms with van der Waals surface area (Å²) in [5.41, 5.74) is 6.82. The zero-order valence-corrected chi connectivity index (χ0v) is 7.87. The maximum Gasteiger partial charge on any atom is 0.103 e. The van der Waals surface area contributed by atoms with Gasteiger partial charge in [0.25, 0.3) is 0 Å². The fraction of sp³-hybridized carbons (Fsp3) is 0.556. The van der Waals surface area contributed by atoms with Crippen molar-refractivity contribution in [2.24, 2.45) is 7.05 Å². The number of nitrogens with zero attached hydrogens (tertiary/aromatic N) is 1. The summed E-state index contributed by atoms with van der Waals surface area (Å²) in [4.78, 5) is 0. The molecule has 0 fully saturated rings. The molecule has 12 heavy (non-hydrogen) atoms. The van der Waals surface area contributed by atoms with Gasteiger partial charge in [-0.3, -0.25) is 0 Å². The third-order valence-electron chi connectivity index (χ3n) is 1.95. The molecule has 2 N–H and O–H groups in total. The van der Waals surface area contributed by atoms with E-state index in [2.05, 4.69) is 0 Å². The molecule has 0 saturated carbocycles. The lowest BCUT2D eigenvalue weighted by atomic mass is 10.2. The number of anilines is 1. The number of ether oxygens (including phenoxy) is 1. The summed E-state index contributed by atoms with van der Waals surface area (Å²) in [6.07, 6.45) is 2.13. The molecule has 0 spiro atoms. The molecule has 1 atom stereocenters. The maximum absolute atomic E-state index is 5.68. The average molecular weight is 168 g/mol. The molecular formula is C9H16N2O. The molecule has 0 aliphatic rings. The minimum absolute atomic E-state index is 0.137. The zero-order valence-electron chi connectivity index (χ0n) is 7.87. The topological polar surface area (TPSA) is 40.2 Å². The number of nitrogen functional groups attached to an aromatic ring is 1. The monoisotopic (exact) mass is 168 g/mol. The van der Waals surface area contributed by atoms with Gasteiger partial charge in [-0.2, -0.15) is 0 Å². The normalized spacial score (nSPS) is 13.2. The van der Waals surface area contributed by atoms with Gasteiger partial charge in [0, 0.05) is 25.4 Å². The Morgan fingerprint density at radius 3 is 2.75 bits per heavy atom. The second-order valence-electron chi connectivity index (χ2n) is 2.91. The standard InChI is InChI=1S/C9H16N2O/c1-4-12-7(2)8-5-9(10)11(3)6-8/h5-7H,4,10H2,1-3H3. The van der Waals surface area contributed by atoms with Gasteiger partial charge < -0.3 is 15.0 Å². The van der Waals surface area contributed by atoms with Crippen LogP contribution in [0.2, 0.25) is 0 Å². The van der Waals surface area contributed by atoms with Crippen molar-refractivity contribution >= 4 is 5.82 Å². The van der Waals surface area contributed by atoms with E-state index in [1.54, 1.807) is 0 Å². The van der Waals surface area contributed by atoms with E-state index < -0.39 is 0 Å². The number of aryl methyl sites for hydroxylation is 1. The van der Waals surface area contributed by atoms with Gasteiger partial charge in [-0.05, 0) is 19.9 Å². The summed E-state index contributed by atoms with van der Waals surface area (Å²) in [5, 5.41) is 0. The van der Waals surface area contributed by atoms with Gasteiger partial charge in [-0.25, -0.2) is 0 Å². The summed E-state index contributed by atoms with van der Waals surface area (Å²) in [5.74, 6) is 0.775. The van der Waals surface area contributed by atoms with Crippen LogP contribution in [0.4, 0.5) is 5.82 Å². The minimum atomic E-state index is 0.137. The second kappa shape index (κ2) is 3.63. The van der Waals surface area contributed by atoms with E-state index in [1.807, 2.05) is 37.7 Å². The van der Waals surface area contributed by atoms with Crippen LogP contribution in [0.5, 0.6) is 0 Å². The van der Waals surface area contributed by atoms with Crippen molar-refractivity contribution in [3.8, 4) is 0 Å². The number of hydrogen-bond acceptors (Lipinski definition) is 2. The Morgan fingerprint density at radius 2 is 2.33 bits per heavy atom. The number of nitrogens with two attached hydrogens (primary N) is 1. The lowest BCUT2D eigenvalue weighted by molar-refractivity contribution is 0.0764. The fourth-order valence-electron chi connectivity index (χ4n) is 1.18. The predicted molar refractivity (Wildman–Crippen MR) is 49.9 cm³/mol. The smallest absolute Gasteiger partial charge is 0.103 e. The van der Waals surface area contributed by atoms with Crippen LogP contribution in [0.25, 0.3) is 0 Å². The summed E-state index contributed by atoms with van der Waals surface area (Å²) in [7, 11) is 1.93. The van der Waals surface area contributed by atoms with Crippen LogP contribution in [0.15, 0.2) is 12.3 Å². The lowest BCUT2D eigenvalue weighted by Crippen LogP contribution is -1.97. The molecule has 0 bridgehead atoms. The molecule has 0 aromatic carbocycles. The minimum Gasteiger partial charge on any atom is -0.385 e. The second-order valence-corrected chi connectivity index (χ2v) is 2.91. The summed E-state index contributed by atoms with van der Waals surface area (Å²) in [6.45, 7) is 4.75. The van der Waals surface area contributed by atoms with E-state index >= 15 is 0 Å². The molecule has 0 radical (unpaired) electrons. The van der Waals surface area contributed by atoms with Crippen LogP contribution in [0.1, 0.15) is 25.5 Å². The molecule has 3 nitrogen and oxygen atoms in total. The maximum atomic E-state index is 5.68. The van der Waals surface area contributed by atoms with Gasteiger partial charge in [0.15, 0.2) is 0 Å². The summed E-state index contributed by atoms with van der Waals surface area (Å²) < 4.78 is 7.32. The van der Waals surface area contributed by atoms with Crippen LogP contribution in [-0.4, -0.2) is 11.2 Å². The molecule has 1 unspecified atom stereocenters. The average Bonchev–Trinajstić information content (AvgIpc) is 2.33. The number of hydrogen-bond donors (Lipinski definition) is 1. The van der Waals surface area contributed by atoms with Crippen molar-refractivity contribution in [1.29, 1.82) is 0 Å². The lowest BCUT2D eigenvalue weighted by Gasteiger charge is -2.08. The molecule has 0 aliphatic carbocycles. The van der Waals surface area contributed by atoms with Gasteiger partial charge in [0.05, 0.1) is 6.10 Å². The first kappa shape index (κ1) is 9.13. The molecule has 68 valence electrons. The van der Waals surface area contributed by atoms with Crippen LogP contribution >= 0.6 is 0 Å². The first-order valence-corrected chi connectivity index (χ1v) is 4.18. The molecular weight excluding hydrogens is 152 g/mol. The molecule has 0 saturated heterocycles. The SMILES string of the molecule is CCOC(C)c1cc(N)n(C)c1. The highest BCUT2D eigenvalue weighted by Gasteiger charge is 2.07. The Kier molecular flexibility index (Phi) is 2.76. The quantitative estimate of drug-likeness (QED) is 0.746. The van der Waals surface area contributed by atoms with E-state index in [0.29, 0.717) is 0 Å². The van der Waals surface area contributed by atoms with Gasteiger partial charge >= 0.3 is 0 Å². The Hall–Kier alpha value is -0.960. The Balaban J connectivity index is 2.74. The van der Waals surface area contributed by atoms with E-state index in [4.69, 9.17) is 10.5 Å². The molecule has 1 aromatic rings. The van der Waals surface area contributed by atoms with Crippen LogP contribution in [0.3, 0.4) is 0 Å². The first-order valence-electron chi connectivity index (χ1n) is 4.18. The molecule has 1 heterocycles. The zero-order chi connectivity index (χ0) is 9.14. The van der Waals surface area contributed by atoms with Crippen molar-refractivity contribution in [3.63, 3.8) is 0 Å². The third kappa shape index (κ3) is 1.80. The van der Waals surface area contributed by atoms with Crippen LogP contribution < -0.4 is 5.73 Å². The molecule has 0 amide bonds. The largest absolute Gasteiger partial charge is 0.385 e. The van der Waals surface area contributed by atoms with Crippen molar-refractivity contribution in [1.82, 2.24) is 4.57 Å². The molecule has 1 rings (SSSR count). The van der Waals surface area contributed by atoms with Gasteiger partial charge in [0.1, 0.15) is 5.82 Å². The highest BCUT2D eigenvalue weighted by molar-refractivity contribution is 5.36. The van der Waals surface area contributed by atoms with E-state index in [-0.39, 0.29) is 6.10 Å². The molecule has 1 aromatic heterocycles. The van der Waals surface area contributed by atoms with Crippen LogP contribution in [0, 0.1) is 0 Å². The first-order chi connectivity index (χ1) is 5.65. The number of rotatable bonds is 3. The Labute approximate surface area is 73.1 Å². The highest BCUT2D eigenvalue weighted by atomic mass is 16.5. The van der Waals surface area contributed by atoms with Crippen molar-refractivity contribution < 1.29 is 4.74 Å². The third-order valence-corrected chi connectivity index (χ3v) is 1.95. The summed E-state index contributed by atoms with van der Waals surface area (Å²) >= 11 is 0. The highest BCUT2D eigenvalue weighted by Crippen LogP contribution is 2.19. The van der Waals surface area contributed by atoms with Gasteiger partial charge in [0.2, 0.25) is 0 Å². The fourth-order valence-corrected chi connectivity index (χ4v) is 1.18. The molecule has 0 aliphatic heterocycles. The summed E-state index contributed by atoms with van der Waals surface area (Å²) in [6, 6.07) is 1.94. The molecule has 3 heteroatoms. The van der Waals surface area contributed by atoms with E-state index in [1.165, 1.54) is 0 Å². The van der Waals surface area contributed by atoms with Crippen LogP contribution in [-0.2, 0) is 11.8 Å². The van der Waals surface area contributed by atoms with Crippen molar-refractivity contribution in [2.45, 2.75) is 20.0 Å². The van der Waals surface area contributed by atoms with E-state index in [0.717, 1.165) is 18.0 Å². The van der Waals surface area contributed by atoms with Gasteiger partial charge in [-0.1, -0.05) is 0 Å². The van der Waals surface area contributed by atoms with Crippen molar-refractivity contribution in [2.75, 3.05) is 12.3 Å². The van der Waals surface area contributed by atoms with E-state index in [9.17, 15) is 0 Å². The predicted octanol–water partition coefficient (Wildman–Crippen LogP) is 1.70. The Bertz CT molecular complexity index is 236.